The van der Waals surface area contributed by atoms with Crippen LogP contribution in [0.1, 0.15) is 74.5 Å². The highest BCUT2D eigenvalue weighted by Gasteiger charge is 2.51. The number of hydrogen-bond acceptors (Lipinski definition) is 5. The van der Waals surface area contributed by atoms with Crippen LogP contribution in [0, 0.1) is 11.3 Å². The summed E-state index contributed by atoms with van der Waals surface area (Å²) < 4.78 is 4.27. The summed E-state index contributed by atoms with van der Waals surface area (Å²) >= 11 is 0. The van der Waals surface area contributed by atoms with Gasteiger partial charge in [-0.05, 0) is 55.0 Å². The van der Waals surface area contributed by atoms with Crippen LogP contribution >= 0.6 is 0 Å². The van der Waals surface area contributed by atoms with Gasteiger partial charge in [0.1, 0.15) is 11.1 Å². The number of benzene rings is 2. The van der Waals surface area contributed by atoms with Gasteiger partial charge in [0.2, 0.25) is 0 Å². The third kappa shape index (κ3) is 3.12. The maximum absolute atomic E-state index is 12.7. The van der Waals surface area contributed by atoms with Crippen LogP contribution in [0.2, 0.25) is 0 Å². The second kappa shape index (κ2) is 8.40. The Labute approximate surface area is 225 Å². The number of carbonyl (C=O) groups is 2. The molecule has 4 aromatic rings. The summed E-state index contributed by atoms with van der Waals surface area (Å²) in [5.74, 6) is 0.0111. The lowest BCUT2D eigenvalue weighted by Gasteiger charge is -2.40. The van der Waals surface area contributed by atoms with Crippen molar-refractivity contribution in [2.24, 2.45) is 0 Å². The number of nitrogens with zero attached hydrogens (tertiary/aromatic N) is 6. The van der Waals surface area contributed by atoms with Gasteiger partial charge in [0.15, 0.2) is 0 Å². The summed E-state index contributed by atoms with van der Waals surface area (Å²) in [6.07, 6.45) is 11.3. The van der Waals surface area contributed by atoms with E-state index in [-0.39, 0.29) is 17.4 Å². The molecule has 6 heterocycles. The van der Waals surface area contributed by atoms with Crippen molar-refractivity contribution in [3.8, 4) is 6.07 Å². The van der Waals surface area contributed by atoms with E-state index in [0.717, 1.165) is 66.9 Å². The van der Waals surface area contributed by atoms with Crippen molar-refractivity contribution in [2.45, 2.75) is 49.9 Å². The zero-order chi connectivity index (χ0) is 26.8. The molecule has 2 unspecified atom stereocenters. The monoisotopic (exact) mass is 517 g/mol. The molecule has 2 aromatic heterocycles. The van der Waals surface area contributed by atoms with Crippen molar-refractivity contribution in [1.29, 1.82) is 5.26 Å². The zero-order valence-corrected chi connectivity index (χ0v) is 21.6. The van der Waals surface area contributed by atoms with Gasteiger partial charge in [0.05, 0.1) is 48.1 Å². The van der Waals surface area contributed by atoms with E-state index in [1.54, 1.807) is 12.1 Å². The van der Waals surface area contributed by atoms with Gasteiger partial charge < -0.3 is 19.4 Å². The minimum absolute atomic E-state index is 0.0169. The minimum atomic E-state index is -0.435. The number of aryl methyl sites for hydroxylation is 2. The first-order chi connectivity index (χ1) is 19.0. The molecule has 0 aliphatic carbocycles. The van der Waals surface area contributed by atoms with E-state index in [1.165, 1.54) is 0 Å². The fourth-order valence-corrected chi connectivity index (χ4v) is 7.05. The van der Waals surface area contributed by atoms with E-state index < -0.39 is 5.54 Å². The van der Waals surface area contributed by atoms with Crippen LogP contribution in [-0.4, -0.2) is 42.9 Å². The number of nitriles is 1. The summed E-state index contributed by atoms with van der Waals surface area (Å²) in [5.41, 5.74) is 5.43. The normalized spacial score (nSPS) is 23.8. The standard InChI is InChI=1S/C16H14N4O.C14H13N3O/c1-19-15(21)12-7-11(8-17)3-4-13(12)16(19)5-2-6-20-10-18-9-14(16)20;18-13-10-4-1-2-5-11(10)14(16-13)6-3-7-17-9-15-8-12(14)17/h3-4,7,9-10H,2,5-6H2,1H3;1-2,4-5,8-9H,3,6-7H2,(H,16,18). The Bertz CT molecular complexity index is 1690. The van der Waals surface area contributed by atoms with Gasteiger partial charge in [-0.1, -0.05) is 24.3 Å². The molecule has 2 spiro atoms. The van der Waals surface area contributed by atoms with Gasteiger partial charge in [-0.3, -0.25) is 9.59 Å². The average molecular weight is 518 g/mol. The molecule has 2 aromatic carbocycles. The largest absolute Gasteiger partial charge is 0.337 e. The molecule has 9 heteroatoms. The Balaban J connectivity index is 0.000000131. The third-order valence-electron chi connectivity index (χ3n) is 8.83. The predicted molar refractivity (Wildman–Crippen MR) is 142 cm³/mol. The van der Waals surface area contributed by atoms with Crippen molar-refractivity contribution in [2.75, 3.05) is 7.05 Å². The quantitative estimate of drug-likeness (QED) is 0.384. The average Bonchev–Trinajstić information content (AvgIpc) is 3.74. The number of fused-ring (bicyclic) bond motifs is 8. The van der Waals surface area contributed by atoms with E-state index in [9.17, 15) is 9.59 Å². The zero-order valence-electron chi connectivity index (χ0n) is 21.6. The molecule has 0 fully saturated rings. The smallest absolute Gasteiger partial charge is 0.255 e. The number of aromatic nitrogens is 4. The van der Waals surface area contributed by atoms with Crippen molar-refractivity contribution in [1.82, 2.24) is 29.3 Å². The highest BCUT2D eigenvalue weighted by molar-refractivity contribution is 6.01. The topological polar surface area (TPSA) is 109 Å². The maximum atomic E-state index is 12.7. The van der Waals surface area contributed by atoms with Crippen molar-refractivity contribution in [3.05, 3.63) is 107 Å². The molecule has 194 valence electrons. The van der Waals surface area contributed by atoms with E-state index in [1.807, 2.05) is 61.3 Å². The van der Waals surface area contributed by atoms with Gasteiger partial charge in [-0.2, -0.15) is 5.26 Å². The van der Waals surface area contributed by atoms with Crippen LogP contribution in [0.3, 0.4) is 0 Å². The van der Waals surface area contributed by atoms with Gasteiger partial charge in [-0.25, -0.2) is 9.97 Å². The van der Waals surface area contributed by atoms with Gasteiger partial charge in [0.25, 0.3) is 11.8 Å². The number of hydrogen-bond donors (Lipinski definition) is 1. The number of imidazole rings is 2. The molecule has 4 aliphatic heterocycles. The molecule has 39 heavy (non-hydrogen) atoms. The van der Waals surface area contributed by atoms with E-state index in [2.05, 4.69) is 36.6 Å². The summed E-state index contributed by atoms with van der Waals surface area (Å²) in [6, 6.07) is 15.4. The molecule has 4 aliphatic rings. The first-order valence-corrected chi connectivity index (χ1v) is 13.3. The Morgan fingerprint density at radius 3 is 2.41 bits per heavy atom. The first-order valence-electron chi connectivity index (χ1n) is 13.3. The Hall–Kier alpha value is -4.71. The lowest BCUT2D eigenvalue weighted by Crippen LogP contribution is -2.45. The van der Waals surface area contributed by atoms with Crippen LogP contribution in [0.25, 0.3) is 0 Å². The second-order valence-corrected chi connectivity index (χ2v) is 10.7. The molecule has 8 rings (SSSR count). The molecule has 0 radical (unpaired) electrons. The molecule has 0 saturated carbocycles. The van der Waals surface area contributed by atoms with E-state index in [4.69, 9.17) is 5.26 Å². The lowest BCUT2D eigenvalue weighted by molar-refractivity contribution is 0.0643. The van der Waals surface area contributed by atoms with E-state index >= 15 is 0 Å². The van der Waals surface area contributed by atoms with Crippen LogP contribution in [-0.2, 0) is 24.2 Å². The summed E-state index contributed by atoms with van der Waals surface area (Å²) in [4.78, 5) is 35.1. The number of amides is 2. The molecule has 1 N–H and O–H groups in total. The Morgan fingerprint density at radius 2 is 1.62 bits per heavy atom. The molecular weight excluding hydrogens is 490 g/mol. The maximum Gasteiger partial charge on any atom is 0.255 e. The highest BCUT2D eigenvalue weighted by atomic mass is 16.2. The van der Waals surface area contributed by atoms with Crippen LogP contribution in [0.5, 0.6) is 0 Å². The fraction of sp³-hybridized carbons (Fsp3) is 0.300. The molecule has 0 saturated heterocycles. The Morgan fingerprint density at radius 1 is 0.897 bits per heavy atom. The van der Waals surface area contributed by atoms with Crippen LogP contribution < -0.4 is 5.32 Å². The van der Waals surface area contributed by atoms with E-state index in [0.29, 0.717) is 11.1 Å². The van der Waals surface area contributed by atoms with Gasteiger partial charge in [0, 0.05) is 31.3 Å². The second-order valence-electron chi connectivity index (χ2n) is 10.7. The number of carbonyl (C=O) groups excluding carboxylic acids is 2. The predicted octanol–water partition coefficient (Wildman–Crippen LogP) is 3.54. The fourth-order valence-electron chi connectivity index (χ4n) is 7.05. The third-order valence-corrected chi connectivity index (χ3v) is 8.83. The molecule has 2 atom stereocenters. The van der Waals surface area contributed by atoms with Crippen LogP contribution in [0.4, 0.5) is 0 Å². The first kappa shape index (κ1) is 23.4. The summed E-state index contributed by atoms with van der Waals surface area (Å²) in [7, 11) is 1.84. The molecule has 0 bridgehead atoms. The summed E-state index contributed by atoms with van der Waals surface area (Å²) in [5, 5.41) is 12.2. The number of nitrogens with one attached hydrogen (secondary N) is 1. The molecule has 9 nitrogen and oxygen atoms in total. The van der Waals surface area contributed by atoms with Gasteiger partial charge >= 0.3 is 0 Å². The Kier molecular flexibility index (Phi) is 5.04. The van der Waals surface area contributed by atoms with Crippen molar-refractivity contribution >= 4 is 11.8 Å². The molecule has 2 amide bonds. The summed E-state index contributed by atoms with van der Waals surface area (Å²) in [6.45, 7) is 1.92. The SMILES string of the molecule is CN1C(=O)c2cc(C#N)ccc2C12CCCn1cncc12.O=C1NC2(CCCn3cncc32)c2ccccc21. The lowest BCUT2D eigenvalue weighted by atomic mass is 9.80. The van der Waals surface area contributed by atoms with Crippen LogP contribution in [0.15, 0.2) is 67.5 Å². The number of rotatable bonds is 0. The van der Waals surface area contributed by atoms with Gasteiger partial charge in [-0.15, -0.1) is 0 Å². The molecular formula is C30H27N7O2. The van der Waals surface area contributed by atoms with Crippen molar-refractivity contribution in [3.63, 3.8) is 0 Å². The minimum Gasteiger partial charge on any atom is -0.337 e. The van der Waals surface area contributed by atoms with Crippen molar-refractivity contribution < 1.29 is 9.59 Å². The highest BCUT2D eigenvalue weighted by Crippen LogP contribution is 2.48.